The second kappa shape index (κ2) is 7.95. The Hall–Kier alpha value is -2.36. The van der Waals surface area contributed by atoms with Gasteiger partial charge in [-0.25, -0.2) is 4.98 Å². The van der Waals surface area contributed by atoms with Gasteiger partial charge in [-0.15, -0.1) is 0 Å². The lowest BCUT2D eigenvalue weighted by atomic mass is 9.96. The molecule has 2 heterocycles. The number of nitrogens with zero attached hydrogens (tertiary/aromatic N) is 3. The van der Waals surface area contributed by atoms with Crippen molar-refractivity contribution in [3.63, 3.8) is 0 Å². The second-order valence-electron chi connectivity index (χ2n) is 6.47. The molecule has 4 heteroatoms. The van der Waals surface area contributed by atoms with Gasteiger partial charge in [0.05, 0.1) is 5.92 Å². The summed E-state index contributed by atoms with van der Waals surface area (Å²) >= 11 is 0. The van der Waals surface area contributed by atoms with Gasteiger partial charge in [0, 0.05) is 32.9 Å². The van der Waals surface area contributed by atoms with E-state index in [2.05, 4.69) is 22.0 Å². The lowest BCUT2D eigenvalue weighted by Crippen LogP contribution is -2.44. The molecule has 0 saturated carbocycles. The number of benzene rings is 1. The van der Waals surface area contributed by atoms with Gasteiger partial charge in [-0.3, -0.25) is 4.79 Å². The van der Waals surface area contributed by atoms with Gasteiger partial charge in [-0.05, 0) is 37.0 Å². The summed E-state index contributed by atoms with van der Waals surface area (Å²) in [6, 6.07) is 16.3. The van der Waals surface area contributed by atoms with E-state index in [4.69, 9.17) is 0 Å². The van der Waals surface area contributed by atoms with E-state index in [1.54, 1.807) is 0 Å². The third-order valence-corrected chi connectivity index (χ3v) is 4.70. The maximum Gasteiger partial charge on any atom is 0.227 e. The summed E-state index contributed by atoms with van der Waals surface area (Å²) in [7, 11) is 1.92. The molecule has 2 aromatic rings. The first-order valence-electron chi connectivity index (χ1n) is 8.69. The minimum absolute atomic E-state index is 0.0709. The number of piperidine rings is 1. The van der Waals surface area contributed by atoms with Crippen molar-refractivity contribution in [3.8, 4) is 0 Å². The van der Waals surface area contributed by atoms with Crippen molar-refractivity contribution in [1.29, 1.82) is 0 Å². The van der Waals surface area contributed by atoms with Crippen LogP contribution in [0.5, 0.6) is 0 Å². The summed E-state index contributed by atoms with van der Waals surface area (Å²) in [6.45, 7) is 2.52. The highest BCUT2D eigenvalue weighted by Gasteiger charge is 2.28. The van der Waals surface area contributed by atoms with E-state index in [1.165, 1.54) is 5.56 Å². The molecule has 0 radical (unpaired) electrons. The van der Waals surface area contributed by atoms with Gasteiger partial charge in [-0.2, -0.15) is 0 Å². The molecule has 126 valence electrons. The smallest absolute Gasteiger partial charge is 0.227 e. The van der Waals surface area contributed by atoms with Gasteiger partial charge in [0.1, 0.15) is 5.82 Å². The molecular formula is C20H25N3O. The molecule has 1 aliphatic heterocycles. The predicted octanol–water partition coefficient (Wildman–Crippen LogP) is 3.00. The average molecular weight is 323 g/mol. The normalized spacial score (nSPS) is 17.5. The highest BCUT2D eigenvalue weighted by molar-refractivity contribution is 5.79. The van der Waals surface area contributed by atoms with Crippen molar-refractivity contribution in [2.45, 2.75) is 19.3 Å². The van der Waals surface area contributed by atoms with Crippen molar-refractivity contribution < 1.29 is 4.79 Å². The first-order chi connectivity index (χ1) is 11.7. The number of aromatic nitrogens is 1. The summed E-state index contributed by atoms with van der Waals surface area (Å²) in [5.41, 5.74) is 1.27. The molecule has 1 aromatic heterocycles. The van der Waals surface area contributed by atoms with Crippen LogP contribution < -0.4 is 4.90 Å². The van der Waals surface area contributed by atoms with E-state index < -0.39 is 0 Å². The largest absolute Gasteiger partial charge is 0.356 e. The van der Waals surface area contributed by atoms with E-state index in [1.807, 2.05) is 54.5 Å². The molecule has 1 amide bonds. The van der Waals surface area contributed by atoms with Crippen LogP contribution in [-0.4, -0.2) is 42.5 Å². The third kappa shape index (κ3) is 4.13. The topological polar surface area (TPSA) is 36.4 Å². The Morgan fingerprint density at radius 1 is 1.21 bits per heavy atom. The monoisotopic (exact) mass is 323 g/mol. The van der Waals surface area contributed by atoms with Crippen LogP contribution in [-0.2, 0) is 11.2 Å². The van der Waals surface area contributed by atoms with Crippen LogP contribution in [0.3, 0.4) is 0 Å². The fraction of sp³-hybridized carbons (Fsp3) is 0.400. The van der Waals surface area contributed by atoms with Crippen molar-refractivity contribution in [1.82, 2.24) is 9.88 Å². The highest BCUT2D eigenvalue weighted by atomic mass is 16.2. The molecule has 0 unspecified atom stereocenters. The quantitative estimate of drug-likeness (QED) is 0.849. The van der Waals surface area contributed by atoms with E-state index in [9.17, 15) is 4.79 Å². The molecule has 0 aliphatic carbocycles. The second-order valence-corrected chi connectivity index (χ2v) is 6.47. The number of carbonyl (C=O) groups is 1. The Morgan fingerprint density at radius 2 is 2.00 bits per heavy atom. The summed E-state index contributed by atoms with van der Waals surface area (Å²) in [4.78, 5) is 21.3. The number of rotatable bonds is 5. The summed E-state index contributed by atoms with van der Waals surface area (Å²) in [5, 5.41) is 0. The average Bonchev–Trinajstić information content (AvgIpc) is 2.67. The van der Waals surface area contributed by atoms with E-state index in [0.717, 1.165) is 44.7 Å². The Labute approximate surface area is 144 Å². The first-order valence-corrected chi connectivity index (χ1v) is 8.69. The van der Waals surface area contributed by atoms with Gasteiger partial charge in [-0.1, -0.05) is 36.4 Å². The number of likely N-dealkylation sites (N-methyl/N-ethyl adjacent to an activating group) is 1. The fourth-order valence-electron chi connectivity index (χ4n) is 3.29. The van der Waals surface area contributed by atoms with Crippen LogP contribution in [0.1, 0.15) is 18.4 Å². The lowest BCUT2D eigenvalue weighted by molar-refractivity contribution is -0.134. The standard InChI is InChI=1S/C20H25N3O/c1-22(15-12-17-8-3-2-4-9-17)20(24)18-10-7-14-23(16-18)19-11-5-6-13-21-19/h2-6,8-9,11,13,18H,7,10,12,14-16H2,1H3/t18-/m1/s1. The number of anilines is 1. The van der Waals surface area contributed by atoms with Crippen molar-refractivity contribution in [3.05, 3.63) is 60.3 Å². The van der Waals surface area contributed by atoms with E-state index >= 15 is 0 Å². The van der Waals surface area contributed by atoms with E-state index in [-0.39, 0.29) is 11.8 Å². The highest BCUT2D eigenvalue weighted by Crippen LogP contribution is 2.22. The van der Waals surface area contributed by atoms with Gasteiger partial charge < -0.3 is 9.80 Å². The predicted molar refractivity (Wildman–Crippen MR) is 97.0 cm³/mol. The Kier molecular flexibility index (Phi) is 5.47. The molecule has 0 N–H and O–H groups in total. The third-order valence-electron chi connectivity index (χ3n) is 4.70. The minimum Gasteiger partial charge on any atom is -0.356 e. The van der Waals surface area contributed by atoms with Crippen LogP contribution in [0.25, 0.3) is 0 Å². The molecule has 4 nitrogen and oxygen atoms in total. The number of pyridine rings is 1. The van der Waals surface area contributed by atoms with Gasteiger partial charge in [0.15, 0.2) is 0 Å². The SMILES string of the molecule is CN(CCc1ccccc1)C(=O)[C@@H]1CCCN(c2ccccn2)C1. The Balaban J connectivity index is 1.55. The zero-order valence-corrected chi connectivity index (χ0v) is 14.3. The number of hydrogen-bond donors (Lipinski definition) is 0. The number of carbonyl (C=O) groups excluding carboxylic acids is 1. The zero-order chi connectivity index (χ0) is 16.8. The van der Waals surface area contributed by atoms with Crippen LogP contribution in [0.15, 0.2) is 54.7 Å². The zero-order valence-electron chi connectivity index (χ0n) is 14.3. The van der Waals surface area contributed by atoms with Crippen LogP contribution in [0.4, 0.5) is 5.82 Å². The molecule has 0 spiro atoms. The van der Waals surface area contributed by atoms with Crippen LogP contribution in [0, 0.1) is 5.92 Å². The number of amides is 1. The number of hydrogen-bond acceptors (Lipinski definition) is 3. The lowest BCUT2D eigenvalue weighted by Gasteiger charge is -2.34. The van der Waals surface area contributed by atoms with Gasteiger partial charge >= 0.3 is 0 Å². The summed E-state index contributed by atoms with van der Waals surface area (Å²) < 4.78 is 0. The summed E-state index contributed by atoms with van der Waals surface area (Å²) in [6.07, 6.45) is 4.73. The maximum absolute atomic E-state index is 12.8. The van der Waals surface area contributed by atoms with Crippen LogP contribution in [0.2, 0.25) is 0 Å². The van der Waals surface area contributed by atoms with E-state index in [0.29, 0.717) is 0 Å². The van der Waals surface area contributed by atoms with Crippen molar-refractivity contribution >= 4 is 11.7 Å². The summed E-state index contributed by atoms with van der Waals surface area (Å²) in [5.74, 6) is 1.30. The molecule has 1 aliphatic rings. The van der Waals surface area contributed by atoms with Gasteiger partial charge in [0.25, 0.3) is 0 Å². The molecule has 3 rings (SSSR count). The maximum atomic E-state index is 12.8. The Bertz CT molecular complexity index is 644. The fourth-order valence-corrected chi connectivity index (χ4v) is 3.29. The molecule has 1 aromatic carbocycles. The van der Waals surface area contributed by atoms with Crippen LogP contribution >= 0.6 is 0 Å². The molecular weight excluding hydrogens is 298 g/mol. The van der Waals surface area contributed by atoms with Gasteiger partial charge in [0.2, 0.25) is 5.91 Å². The first kappa shape index (κ1) is 16.5. The molecule has 1 fully saturated rings. The Morgan fingerprint density at radius 3 is 2.75 bits per heavy atom. The molecule has 0 bridgehead atoms. The van der Waals surface area contributed by atoms with Crippen molar-refractivity contribution in [2.75, 3.05) is 31.6 Å². The minimum atomic E-state index is 0.0709. The molecule has 1 atom stereocenters. The molecule has 24 heavy (non-hydrogen) atoms. The van der Waals surface area contributed by atoms with Crippen molar-refractivity contribution in [2.24, 2.45) is 5.92 Å². The molecule has 1 saturated heterocycles.